The van der Waals surface area contributed by atoms with Gasteiger partial charge in [0.2, 0.25) is 5.89 Å². The second-order valence-corrected chi connectivity index (χ2v) is 4.85. The molecule has 21 heavy (non-hydrogen) atoms. The molecule has 0 aliphatic carbocycles. The third-order valence-electron chi connectivity index (χ3n) is 3.53. The molecule has 2 aromatic rings. The van der Waals surface area contributed by atoms with E-state index in [4.69, 9.17) is 10.3 Å². The second-order valence-electron chi connectivity index (χ2n) is 4.85. The lowest BCUT2D eigenvalue weighted by Crippen LogP contribution is -2.32. The summed E-state index contributed by atoms with van der Waals surface area (Å²) in [6.07, 6.45) is 5.27. The Bertz CT molecular complexity index is 656. The standard InChI is InChI=1S/C13H16N6O2/c1-2-9-17-12(18-21-9)8-4-3-7-19(8)13(20)10-11(14)16-6-5-15-10/h5-6,8H,2-4,7H2,1H3,(H2,14,16). The van der Waals surface area contributed by atoms with Crippen molar-refractivity contribution in [3.63, 3.8) is 0 Å². The van der Waals surface area contributed by atoms with Crippen LogP contribution < -0.4 is 5.73 Å². The van der Waals surface area contributed by atoms with Gasteiger partial charge in [-0.1, -0.05) is 12.1 Å². The Labute approximate surface area is 121 Å². The minimum Gasteiger partial charge on any atom is -0.382 e. The molecule has 1 atom stereocenters. The van der Waals surface area contributed by atoms with Crippen molar-refractivity contribution < 1.29 is 9.32 Å². The molecule has 0 aromatic carbocycles. The predicted octanol–water partition coefficient (Wildman–Crippen LogP) is 0.981. The van der Waals surface area contributed by atoms with Crippen molar-refractivity contribution in [2.75, 3.05) is 12.3 Å². The van der Waals surface area contributed by atoms with Crippen LogP contribution in [0.4, 0.5) is 5.82 Å². The molecular formula is C13H16N6O2. The smallest absolute Gasteiger partial charge is 0.276 e. The van der Waals surface area contributed by atoms with E-state index in [0.717, 1.165) is 12.8 Å². The summed E-state index contributed by atoms with van der Waals surface area (Å²) in [5, 5.41) is 3.97. The minimum absolute atomic E-state index is 0.135. The van der Waals surface area contributed by atoms with E-state index < -0.39 is 0 Å². The van der Waals surface area contributed by atoms with Gasteiger partial charge in [-0.25, -0.2) is 9.97 Å². The van der Waals surface area contributed by atoms with E-state index in [2.05, 4.69) is 20.1 Å². The van der Waals surface area contributed by atoms with Crippen LogP contribution in [0.15, 0.2) is 16.9 Å². The van der Waals surface area contributed by atoms with Crippen molar-refractivity contribution in [3.8, 4) is 0 Å². The SMILES string of the molecule is CCc1nc(C2CCCN2C(=O)c2nccnc2N)no1. The number of hydrogen-bond donors (Lipinski definition) is 1. The molecule has 8 heteroatoms. The maximum atomic E-state index is 12.6. The summed E-state index contributed by atoms with van der Waals surface area (Å²) in [6, 6.07) is -0.192. The first-order valence-electron chi connectivity index (χ1n) is 6.90. The maximum Gasteiger partial charge on any atom is 0.276 e. The molecule has 8 nitrogen and oxygen atoms in total. The lowest BCUT2D eigenvalue weighted by Gasteiger charge is -2.21. The molecule has 3 heterocycles. The zero-order valence-corrected chi connectivity index (χ0v) is 11.7. The van der Waals surface area contributed by atoms with Crippen molar-refractivity contribution >= 4 is 11.7 Å². The van der Waals surface area contributed by atoms with Crippen LogP contribution in [-0.4, -0.2) is 37.5 Å². The molecule has 1 unspecified atom stereocenters. The van der Waals surface area contributed by atoms with Gasteiger partial charge < -0.3 is 15.2 Å². The third kappa shape index (κ3) is 2.44. The molecule has 0 radical (unpaired) electrons. The largest absolute Gasteiger partial charge is 0.382 e. The molecule has 1 aliphatic rings. The van der Waals surface area contributed by atoms with E-state index in [-0.39, 0.29) is 23.5 Å². The number of carbonyl (C=O) groups is 1. The van der Waals surface area contributed by atoms with Gasteiger partial charge in [0.15, 0.2) is 17.3 Å². The number of amides is 1. The summed E-state index contributed by atoms with van der Waals surface area (Å²) >= 11 is 0. The Kier molecular flexibility index (Phi) is 3.51. The first-order chi connectivity index (χ1) is 10.2. The fraction of sp³-hybridized carbons (Fsp3) is 0.462. The van der Waals surface area contributed by atoms with Crippen molar-refractivity contribution in [2.24, 2.45) is 0 Å². The summed E-state index contributed by atoms with van der Waals surface area (Å²) in [5.74, 6) is 1.00. The predicted molar refractivity (Wildman–Crippen MR) is 73.1 cm³/mol. The summed E-state index contributed by atoms with van der Waals surface area (Å²) < 4.78 is 5.13. The molecule has 1 fully saturated rings. The Morgan fingerprint density at radius 1 is 1.48 bits per heavy atom. The van der Waals surface area contributed by atoms with E-state index in [1.807, 2.05) is 6.92 Å². The lowest BCUT2D eigenvalue weighted by atomic mass is 10.2. The molecule has 0 bridgehead atoms. The average Bonchev–Trinajstić information content (AvgIpc) is 3.15. The third-order valence-corrected chi connectivity index (χ3v) is 3.53. The highest BCUT2D eigenvalue weighted by Gasteiger charge is 2.35. The molecule has 0 spiro atoms. The molecular weight excluding hydrogens is 272 g/mol. The molecule has 2 N–H and O–H groups in total. The quantitative estimate of drug-likeness (QED) is 0.896. The van der Waals surface area contributed by atoms with Crippen molar-refractivity contribution in [1.82, 2.24) is 25.0 Å². The normalized spacial score (nSPS) is 18.1. The molecule has 3 rings (SSSR count). The van der Waals surface area contributed by atoms with Gasteiger partial charge in [-0.15, -0.1) is 0 Å². The summed E-state index contributed by atoms with van der Waals surface area (Å²) in [6.45, 7) is 2.56. The number of nitrogens with zero attached hydrogens (tertiary/aromatic N) is 5. The Hall–Kier alpha value is -2.51. The van der Waals surface area contributed by atoms with Crippen LogP contribution in [0.5, 0.6) is 0 Å². The fourth-order valence-electron chi connectivity index (χ4n) is 2.47. The molecule has 1 saturated heterocycles. The highest BCUT2D eigenvalue weighted by Crippen LogP contribution is 2.31. The van der Waals surface area contributed by atoms with Gasteiger partial charge in [-0.3, -0.25) is 4.79 Å². The number of anilines is 1. The van der Waals surface area contributed by atoms with Gasteiger partial charge in [0, 0.05) is 25.4 Å². The number of nitrogen functional groups attached to an aromatic ring is 1. The van der Waals surface area contributed by atoms with Gasteiger partial charge in [0.25, 0.3) is 5.91 Å². The first kappa shape index (κ1) is 13.5. The summed E-state index contributed by atoms with van der Waals surface area (Å²) in [4.78, 5) is 26.5. The van der Waals surface area contributed by atoms with Crippen LogP contribution in [-0.2, 0) is 6.42 Å². The zero-order chi connectivity index (χ0) is 14.8. The molecule has 2 aromatic heterocycles. The van der Waals surface area contributed by atoms with Crippen LogP contribution in [0.1, 0.15) is 48.0 Å². The average molecular weight is 288 g/mol. The Balaban J connectivity index is 1.87. The van der Waals surface area contributed by atoms with Crippen molar-refractivity contribution in [2.45, 2.75) is 32.2 Å². The number of aryl methyl sites for hydroxylation is 1. The number of carbonyl (C=O) groups excluding carboxylic acids is 1. The minimum atomic E-state index is -0.244. The van der Waals surface area contributed by atoms with Crippen LogP contribution in [0.2, 0.25) is 0 Å². The van der Waals surface area contributed by atoms with E-state index in [9.17, 15) is 4.79 Å². The van der Waals surface area contributed by atoms with Crippen LogP contribution in [0.3, 0.4) is 0 Å². The molecule has 110 valence electrons. The maximum absolute atomic E-state index is 12.6. The van der Waals surface area contributed by atoms with E-state index in [1.54, 1.807) is 4.90 Å². The van der Waals surface area contributed by atoms with E-state index >= 15 is 0 Å². The lowest BCUT2D eigenvalue weighted by molar-refractivity contribution is 0.0723. The fourth-order valence-corrected chi connectivity index (χ4v) is 2.47. The van der Waals surface area contributed by atoms with E-state index in [0.29, 0.717) is 24.7 Å². The van der Waals surface area contributed by atoms with Gasteiger partial charge in [-0.05, 0) is 12.8 Å². The number of aromatic nitrogens is 4. The van der Waals surface area contributed by atoms with Gasteiger partial charge in [-0.2, -0.15) is 4.98 Å². The van der Waals surface area contributed by atoms with Crippen molar-refractivity contribution in [3.05, 3.63) is 29.8 Å². The van der Waals surface area contributed by atoms with Gasteiger partial charge in [0.1, 0.15) is 0 Å². The Morgan fingerprint density at radius 2 is 2.29 bits per heavy atom. The highest BCUT2D eigenvalue weighted by atomic mass is 16.5. The van der Waals surface area contributed by atoms with Crippen LogP contribution in [0.25, 0.3) is 0 Å². The number of nitrogens with two attached hydrogens (primary N) is 1. The summed E-state index contributed by atoms with van der Waals surface area (Å²) in [7, 11) is 0. The highest BCUT2D eigenvalue weighted by molar-refractivity contribution is 5.96. The van der Waals surface area contributed by atoms with Crippen LogP contribution >= 0.6 is 0 Å². The first-order valence-corrected chi connectivity index (χ1v) is 6.90. The van der Waals surface area contributed by atoms with Gasteiger partial charge >= 0.3 is 0 Å². The topological polar surface area (TPSA) is 111 Å². The Morgan fingerprint density at radius 3 is 3.00 bits per heavy atom. The molecule has 1 amide bonds. The van der Waals surface area contributed by atoms with Crippen molar-refractivity contribution in [1.29, 1.82) is 0 Å². The molecule has 1 aliphatic heterocycles. The monoisotopic (exact) mass is 288 g/mol. The molecule has 0 saturated carbocycles. The van der Waals surface area contributed by atoms with Gasteiger partial charge in [0.05, 0.1) is 6.04 Å². The van der Waals surface area contributed by atoms with E-state index in [1.165, 1.54) is 12.4 Å². The summed E-state index contributed by atoms with van der Waals surface area (Å²) in [5.41, 5.74) is 5.90. The number of hydrogen-bond acceptors (Lipinski definition) is 7. The zero-order valence-electron chi connectivity index (χ0n) is 11.7. The van der Waals surface area contributed by atoms with Crippen LogP contribution in [0, 0.1) is 0 Å². The second kappa shape index (κ2) is 5.47. The number of rotatable bonds is 3. The number of likely N-dealkylation sites (tertiary alicyclic amines) is 1.